The molecule has 0 aliphatic heterocycles. The van der Waals surface area contributed by atoms with Crippen molar-refractivity contribution in [3.05, 3.63) is 47.0 Å². The van der Waals surface area contributed by atoms with E-state index in [1.54, 1.807) is 24.3 Å². The summed E-state index contributed by atoms with van der Waals surface area (Å²) >= 11 is 5.87. The van der Waals surface area contributed by atoms with Gasteiger partial charge in [0.15, 0.2) is 11.5 Å². The van der Waals surface area contributed by atoms with Gasteiger partial charge >= 0.3 is 0 Å². The molecule has 0 atom stereocenters. The first-order chi connectivity index (χ1) is 10.9. The van der Waals surface area contributed by atoms with Gasteiger partial charge in [0.1, 0.15) is 0 Å². The number of anilines is 2. The van der Waals surface area contributed by atoms with Crippen LogP contribution in [0.15, 0.2) is 36.4 Å². The van der Waals surface area contributed by atoms with Gasteiger partial charge in [0, 0.05) is 23.9 Å². The fourth-order valence-electron chi connectivity index (χ4n) is 1.94. The fraction of sp³-hybridized carbons (Fsp3) is 0.125. The summed E-state index contributed by atoms with van der Waals surface area (Å²) in [6.45, 7) is 1.40. The molecule has 0 bridgehead atoms. The Kier molecular flexibility index (Phi) is 5.08. The van der Waals surface area contributed by atoms with Crippen LogP contribution in [0.25, 0.3) is 0 Å². The first kappa shape index (κ1) is 16.6. The number of phenolic OH excluding ortho intramolecular Hbond substituents is 1. The van der Waals surface area contributed by atoms with Crippen LogP contribution in [0.5, 0.6) is 11.5 Å². The highest BCUT2D eigenvalue weighted by atomic mass is 35.5. The number of halogens is 1. The second kappa shape index (κ2) is 7.02. The van der Waals surface area contributed by atoms with Crippen LogP contribution in [-0.4, -0.2) is 24.0 Å². The van der Waals surface area contributed by atoms with E-state index in [-0.39, 0.29) is 28.0 Å². The minimum atomic E-state index is -0.426. The molecule has 7 heteroatoms. The van der Waals surface area contributed by atoms with E-state index in [1.807, 2.05) is 0 Å². The highest BCUT2D eigenvalue weighted by Gasteiger charge is 2.14. The Hall–Kier alpha value is -2.73. The number of benzene rings is 2. The molecule has 0 heterocycles. The zero-order valence-corrected chi connectivity index (χ0v) is 13.3. The molecule has 3 N–H and O–H groups in total. The molecule has 23 heavy (non-hydrogen) atoms. The van der Waals surface area contributed by atoms with Crippen LogP contribution in [0.3, 0.4) is 0 Å². The number of carbonyl (C=O) groups is 2. The Labute approximate surface area is 138 Å². The van der Waals surface area contributed by atoms with E-state index in [9.17, 15) is 14.7 Å². The van der Waals surface area contributed by atoms with Crippen LogP contribution >= 0.6 is 11.6 Å². The summed E-state index contributed by atoms with van der Waals surface area (Å²) in [6.07, 6.45) is 0. The van der Waals surface area contributed by atoms with Gasteiger partial charge in [-0.3, -0.25) is 9.59 Å². The number of nitrogens with one attached hydrogen (secondary N) is 2. The SMILES string of the molecule is COc1cc(C(=O)Nc2cccc(NC(C)=O)c2)cc(Cl)c1O. The topological polar surface area (TPSA) is 87.7 Å². The minimum Gasteiger partial charge on any atom is -0.503 e. The number of amides is 2. The molecule has 0 aliphatic rings. The van der Waals surface area contributed by atoms with Crippen molar-refractivity contribution >= 4 is 34.8 Å². The zero-order chi connectivity index (χ0) is 17.0. The molecule has 2 aromatic carbocycles. The molecule has 2 aromatic rings. The molecular weight excluding hydrogens is 320 g/mol. The smallest absolute Gasteiger partial charge is 0.255 e. The standard InChI is InChI=1S/C16H15ClN2O4/c1-9(20)18-11-4-3-5-12(8-11)19-16(22)10-6-13(17)15(21)14(7-10)23-2/h3-8,21H,1-2H3,(H,18,20)(H,19,22). The molecule has 0 aromatic heterocycles. The zero-order valence-electron chi connectivity index (χ0n) is 12.5. The molecule has 6 nitrogen and oxygen atoms in total. The number of methoxy groups -OCH3 is 1. The lowest BCUT2D eigenvalue weighted by molar-refractivity contribution is -0.114. The normalized spacial score (nSPS) is 10.0. The van der Waals surface area contributed by atoms with Crippen molar-refractivity contribution in [2.45, 2.75) is 6.92 Å². The van der Waals surface area contributed by atoms with Crippen LogP contribution in [0, 0.1) is 0 Å². The maximum Gasteiger partial charge on any atom is 0.255 e. The maximum atomic E-state index is 12.3. The van der Waals surface area contributed by atoms with E-state index in [0.717, 1.165) is 0 Å². The first-order valence-corrected chi connectivity index (χ1v) is 7.04. The van der Waals surface area contributed by atoms with E-state index in [2.05, 4.69) is 10.6 Å². The van der Waals surface area contributed by atoms with Crippen molar-refractivity contribution in [1.29, 1.82) is 0 Å². The summed E-state index contributed by atoms with van der Waals surface area (Å²) in [5.41, 5.74) is 1.30. The van der Waals surface area contributed by atoms with E-state index in [1.165, 1.54) is 26.2 Å². The quantitative estimate of drug-likeness (QED) is 0.800. The number of phenols is 1. The van der Waals surface area contributed by atoms with Gasteiger partial charge in [-0.05, 0) is 30.3 Å². The van der Waals surface area contributed by atoms with Crippen LogP contribution < -0.4 is 15.4 Å². The Bertz CT molecular complexity index is 762. The van der Waals surface area contributed by atoms with E-state index in [4.69, 9.17) is 16.3 Å². The van der Waals surface area contributed by atoms with E-state index < -0.39 is 5.91 Å². The number of hydrogen-bond acceptors (Lipinski definition) is 4. The number of hydrogen-bond donors (Lipinski definition) is 3. The largest absolute Gasteiger partial charge is 0.503 e. The summed E-state index contributed by atoms with van der Waals surface area (Å²) in [5, 5.41) is 15.0. The van der Waals surface area contributed by atoms with Crippen molar-refractivity contribution in [3.8, 4) is 11.5 Å². The molecule has 2 rings (SSSR count). The fourth-order valence-corrected chi connectivity index (χ4v) is 2.15. The van der Waals surface area contributed by atoms with Gasteiger partial charge in [-0.2, -0.15) is 0 Å². The Balaban J connectivity index is 2.22. The third-order valence-corrected chi connectivity index (χ3v) is 3.24. The summed E-state index contributed by atoms with van der Waals surface area (Å²) < 4.78 is 4.97. The van der Waals surface area contributed by atoms with Crippen molar-refractivity contribution in [2.24, 2.45) is 0 Å². The second-order valence-corrected chi connectivity index (χ2v) is 5.13. The summed E-state index contributed by atoms with van der Waals surface area (Å²) in [7, 11) is 1.37. The second-order valence-electron chi connectivity index (χ2n) is 4.73. The van der Waals surface area contributed by atoms with Crippen LogP contribution in [0.2, 0.25) is 5.02 Å². The number of rotatable bonds is 4. The van der Waals surface area contributed by atoms with Gasteiger partial charge < -0.3 is 20.5 Å². The average Bonchev–Trinajstić information content (AvgIpc) is 2.49. The predicted molar refractivity (Wildman–Crippen MR) is 88.4 cm³/mol. The summed E-state index contributed by atoms with van der Waals surface area (Å²) in [6, 6.07) is 9.43. The average molecular weight is 335 g/mol. The van der Waals surface area contributed by atoms with Crippen molar-refractivity contribution in [2.75, 3.05) is 17.7 Å². The lowest BCUT2D eigenvalue weighted by Gasteiger charge is -2.10. The summed E-state index contributed by atoms with van der Waals surface area (Å²) in [5.74, 6) is -0.748. The lowest BCUT2D eigenvalue weighted by atomic mass is 10.1. The van der Waals surface area contributed by atoms with Gasteiger partial charge in [-0.25, -0.2) is 0 Å². The predicted octanol–water partition coefficient (Wildman–Crippen LogP) is 3.26. The minimum absolute atomic E-state index is 0.0153. The van der Waals surface area contributed by atoms with E-state index >= 15 is 0 Å². The van der Waals surface area contributed by atoms with Crippen LogP contribution in [0.4, 0.5) is 11.4 Å². The highest BCUT2D eigenvalue weighted by molar-refractivity contribution is 6.32. The molecule has 0 aliphatic carbocycles. The number of aromatic hydroxyl groups is 1. The van der Waals surface area contributed by atoms with Gasteiger partial charge in [0.25, 0.3) is 5.91 Å². The molecule has 120 valence electrons. The summed E-state index contributed by atoms with van der Waals surface area (Å²) in [4.78, 5) is 23.3. The molecule has 0 fully saturated rings. The molecule has 0 saturated carbocycles. The molecule has 0 spiro atoms. The molecule has 0 saturated heterocycles. The molecule has 0 radical (unpaired) electrons. The molecule has 0 unspecified atom stereocenters. The van der Waals surface area contributed by atoms with Gasteiger partial charge in [0.2, 0.25) is 5.91 Å². The lowest BCUT2D eigenvalue weighted by Crippen LogP contribution is -2.13. The van der Waals surface area contributed by atoms with E-state index in [0.29, 0.717) is 11.4 Å². The Morgan fingerprint density at radius 1 is 1.13 bits per heavy atom. The maximum absolute atomic E-state index is 12.3. The van der Waals surface area contributed by atoms with Crippen molar-refractivity contribution in [3.63, 3.8) is 0 Å². The molecular formula is C16H15ClN2O4. The first-order valence-electron chi connectivity index (χ1n) is 6.66. The van der Waals surface area contributed by atoms with Gasteiger partial charge in [-0.1, -0.05) is 17.7 Å². The third-order valence-electron chi connectivity index (χ3n) is 2.95. The number of carbonyl (C=O) groups excluding carboxylic acids is 2. The van der Waals surface area contributed by atoms with Crippen molar-refractivity contribution < 1.29 is 19.4 Å². The van der Waals surface area contributed by atoms with Crippen LogP contribution in [0.1, 0.15) is 17.3 Å². The highest BCUT2D eigenvalue weighted by Crippen LogP contribution is 2.35. The third kappa shape index (κ3) is 4.14. The van der Waals surface area contributed by atoms with Gasteiger partial charge in [-0.15, -0.1) is 0 Å². The Morgan fingerprint density at radius 3 is 2.39 bits per heavy atom. The van der Waals surface area contributed by atoms with Gasteiger partial charge in [0.05, 0.1) is 12.1 Å². The van der Waals surface area contributed by atoms with Crippen molar-refractivity contribution in [1.82, 2.24) is 0 Å². The molecule has 2 amide bonds. The Morgan fingerprint density at radius 2 is 1.78 bits per heavy atom. The number of ether oxygens (including phenoxy) is 1. The monoisotopic (exact) mass is 334 g/mol. The van der Waals surface area contributed by atoms with Crippen LogP contribution in [-0.2, 0) is 4.79 Å².